The summed E-state index contributed by atoms with van der Waals surface area (Å²) in [7, 11) is 0. The summed E-state index contributed by atoms with van der Waals surface area (Å²) in [4.78, 5) is 4.42. The molecule has 1 aromatic rings. The second-order valence-corrected chi connectivity index (χ2v) is 6.29. The van der Waals surface area contributed by atoms with Crippen molar-refractivity contribution in [2.75, 3.05) is 0 Å². The molecule has 0 aliphatic rings. The fourth-order valence-corrected chi connectivity index (χ4v) is 1.72. The molecule has 0 saturated carbocycles. The van der Waals surface area contributed by atoms with Gasteiger partial charge in [0, 0.05) is 25.3 Å². The van der Waals surface area contributed by atoms with Crippen LogP contribution in [0.3, 0.4) is 0 Å². The summed E-state index contributed by atoms with van der Waals surface area (Å²) in [6, 6.07) is 0.515. The van der Waals surface area contributed by atoms with E-state index in [-0.39, 0.29) is 0 Å². The van der Waals surface area contributed by atoms with E-state index in [0.717, 1.165) is 18.9 Å². The van der Waals surface area contributed by atoms with Crippen LogP contribution in [0.4, 0.5) is 0 Å². The van der Waals surface area contributed by atoms with Gasteiger partial charge >= 0.3 is 0 Å². The van der Waals surface area contributed by atoms with E-state index in [1.165, 1.54) is 12.1 Å². The maximum atomic E-state index is 4.42. The molecule has 0 atom stereocenters. The van der Waals surface area contributed by atoms with Gasteiger partial charge in [0.25, 0.3) is 0 Å². The minimum atomic E-state index is 0.374. The molecule has 1 aromatic heterocycles. The van der Waals surface area contributed by atoms with Crippen LogP contribution >= 0.6 is 0 Å². The molecule has 0 fully saturated rings. The number of hydrogen-bond acceptors (Lipinski definition) is 2. The molecule has 0 amide bonds. The van der Waals surface area contributed by atoms with E-state index in [0.29, 0.717) is 11.5 Å². The Balaban J connectivity index is 2.66. The smallest absolute Gasteiger partial charge is 0.105 e. The fraction of sp³-hybridized carbons (Fsp3) is 0.786. The van der Waals surface area contributed by atoms with Crippen molar-refractivity contribution in [3.63, 3.8) is 0 Å². The Labute approximate surface area is 106 Å². The van der Waals surface area contributed by atoms with Crippen molar-refractivity contribution < 1.29 is 0 Å². The number of hydrogen-bond donors (Lipinski definition) is 1. The molecule has 0 aliphatic heterocycles. The van der Waals surface area contributed by atoms with Gasteiger partial charge in [0.1, 0.15) is 5.82 Å². The zero-order chi connectivity index (χ0) is 13.1. The van der Waals surface area contributed by atoms with Gasteiger partial charge in [-0.3, -0.25) is 0 Å². The Kier molecular flexibility index (Phi) is 4.75. The lowest BCUT2D eigenvalue weighted by molar-refractivity contribution is 0.345. The van der Waals surface area contributed by atoms with Crippen molar-refractivity contribution in [3.8, 4) is 0 Å². The van der Waals surface area contributed by atoms with E-state index in [1.807, 2.05) is 6.20 Å². The van der Waals surface area contributed by atoms with Crippen molar-refractivity contribution >= 4 is 0 Å². The predicted octanol–water partition coefficient (Wildman–Crippen LogP) is 3.13. The highest BCUT2D eigenvalue weighted by molar-refractivity contribution is 5.04. The summed E-state index contributed by atoms with van der Waals surface area (Å²) < 4.78 is 2.33. The maximum Gasteiger partial charge on any atom is 0.105 e. The van der Waals surface area contributed by atoms with Crippen LogP contribution in [0.1, 0.15) is 52.6 Å². The van der Waals surface area contributed by atoms with Crippen molar-refractivity contribution in [3.05, 3.63) is 17.7 Å². The summed E-state index contributed by atoms with van der Waals surface area (Å²) in [5.41, 5.74) is 1.67. The van der Waals surface area contributed by atoms with Gasteiger partial charge < -0.3 is 9.88 Å². The standard InChI is InChI=1S/C14H27N3/c1-11(2)15-9-13-10-16-12(3)17(13)8-7-14(4,5)6/h10-11,15H,7-9H2,1-6H3. The minimum Gasteiger partial charge on any atom is -0.331 e. The van der Waals surface area contributed by atoms with Crippen LogP contribution in [0.15, 0.2) is 6.20 Å². The molecule has 0 spiro atoms. The van der Waals surface area contributed by atoms with Crippen LogP contribution in [-0.2, 0) is 13.1 Å². The summed E-state index contributed by atoms with van der Waals surface area (Å²) in [6.07, 6.45) is 3.17. The van der Waals surface area contributed by atoms with E-state index >= 15 is 0 Å². The quantitative estimate of drug-likeness (QED) is 0.852. The molecule has 1 heterocycles. The third kappa shape index (κ3) is 4.90. The molecule has 1 N–H and O–H groups in total. The van der Waals surface area contributed by atoms with Gasteiger partial charge in [-0.25, -0.2) is 4.98 Å². The highest BCUT2D eigenvalue weighted by atomic mass is 15.1. The zero-order valence-electron chi connectivity index (χ0n) is 12.2. The normalized spacial score (nSPS) is 12.4. The molecule has 3 heteroatoms. The van der Waals surface area contributed by atoms with Crippen molar-refractivity contribution in [2.45, 2.75) is 67.1 Å². The SMILES string of the molecule is Cc1ncc(CNC(C)C)n1CCC(C)(C)C. The fourth-order valence-electron chi connectivity index (χ4n) is 1.72. The Morgan fingerprint density at radius 3 is 2.53 bits per heavy atom. The average Bonchev–Trinajstić information content (AvgIpc) is 2.52. The van der Waals surface area contributed by atoms with E-state index in [1.54, 1.807) is 0 Å². The van der Waals surface area contributed by atoms with Gasteiger partial charge in [0.15, 0.2) is 0 Å². The Hall–Kier alpha value is -0.830. The topological polar surface area (TPSA) is 29.9 Å². The van der Waals surface area contributed by atoms with Crippen LogP contribution in [0.25, 0.3) is 0 Å². The van der Waals surface area contributed by atoms with Crippen LogP contribution in [-0.4, -0.2) is 15.6 Å². The number of imidazole rings is 1. The van der Waals surface area contributed by atoms with Crippen LogP contribution in [0.5, 0.6) is 0 Å². The molecular formula is C14H27N3. The Morgan fingerprint density at radius 1 is 1.35 bits per heavy atom. The summed E-state index contributed by atoms with van der Waals surface area (Å²) >= 11 is 0. The maximum absolute atomic E-state index is 4.42. The number of aromatic nitrogens is 2. The van der Waals surface area contributed by atoms with Crippen molar-refractivity contribution in [1.82, 2.24) is 14.9 Å². The van der Waals surface area contributed by atoms with Gasteiger partial charge in [-0.15, -0.1) is 0 Å². The lowest BCUT2D eigenvalue weighted by Gasteiger charge is -2.20. The van der Waals surface area contributed by atoms with Gasteiger partial charge in [0.05, 0.1) is 5.69 Å². The van der Waals surface area contributed by atoms with Crippen molar-refractivity contribution in [1.29, 1.82) is 0 Å². The summed E-state index contributed by atoms with van der Waals surface area (Å²) in [5.74, 6) is 1.12. The first-order valence-electron chi connectivity index (χ1n) is 6.54. The van der Waals surface area contributed by atoms with E-state index < -0.39 is 0 Å². The predicted molar refractivity (Wildman–Crippen MR) is 73.0 cm³/mol. The van der Waals surface area contributed by atoms with Gasteiger partial charge in [-0.1, -0.05) is 34.6 Å². The summed E-state index contributed by atoms with van der Waals surface area (Å²) in [5, 5.41) is 3.45. The van der Waals surface area contributed by atoms with Crippen LogP contribution in [0, 0.1) is 12.3 Å². The zero-order valence-corrected chi connectivity index (χ0v) is 12.2. The molecule has 0 radical (unpaired) electrons. The molecule has 0 saturated heterocycles. The average molecular weight is 237 g/mol. The lowest BCUT2D eigenvalue weighted by Crippen LogP contribution is -2.24. The van der Waals surface area contributed by atoms with Crippen molar-refractivity contribution in [2.24, 2.45) is 5.41 Å². The first-order valence-corrected chi connectivity index (χ1v) is 6.54. The first kappa shape index (κ1) is 14.2. The van der Waals surface area contributed by atoms with E-state index in [9.17, 15) is 0 Å². The second-order valence-electron chi connectivity index (χ2n) is 6.29. The number of rotatable bonds is 5. The Bertz CT molecular complexity index is 345. The minimum absolute atomic E-state index is 0.374. The van der Waals surface area contributed by atoms with Gasteiger partial charge in [-0.2, -0.15) is 0 Å². The number of nitrogens with zero attached hydrogens (tertiary/aromatic N) is 2. The second kappa shape index (κ2) is 5.67. The van der Waals surface area contributed by atoms with Crippen LogP contribution in [0.2, 0.25) is 0 Å². The molecular weight excluding hydrogens is 210 g/mol. The first-order chi connectivity index (χ1) is 7.79. The third-order valence-electron chi connectivity index (χ3n) is 2.91. The monoisotopic (exact) mass is 237 g/mol. The molecule has 0 unspecified atom stereocenters. The molecule has 3 nitrogen and oxygen atoms in total. The molecule has 98 valence electrons. The highest BCUT2D eigenvalue weighted by Gasteiger charge is 2.13. The molecule has 17 heavy (non-hydrogen) atoms. The lowest BCUT2D eigenvalue weighted by atomic mass is 9.92. The van der Waals surface area contributed by atoms with Crippen LogP contribution < -0.4 is 5.32 Å². The van der Waals surface area contributed by atoms with E-state index in [2.05, 4.69) is 56.4 Å². The summed E-state index contributed by atoms with van der Waals surface area (Å²) in [6.45, 7) is 15.2. The highest BCUT2D eigenvalue weighted by Crippen LogP contribution is 2.20. The third-order valence-corrected chi connectivity index (χ3v) is 2.91. The molecule has 0 aromatic carbocycles. The number of nitrogens with one attached hydrogen (secondary N) is 1. The Morgan fingerprint density at radius 2 is 2.00 bits per heavy atom. The number of aryl methyl sites for hydroxylation is 1. The largest absolute Gasteiger partial charge is 0.331 e. The molecule has 1 rings (SSSR count). The van der Waals surface area contributed by atoms with E-state index in [4.69, 9.17) is 0 Å². The molecule has 0 aliphatic carbocycles. The van der Waals surface area contributed by atoms with Gasteiger partial charge in [0.2, 0.25) is 0 Å². The molecule has 0 bridgehead atoms. The van der Waals surface area contributed by atoms with Gasteiger partial charge in [-0.05, 0) is 18.8 Å².